The van der Waals surface area contributed by atoms with Gasteiger partial charge in [-0.2, -0.15) is 13.2 Å². The van der Waals surface area contributed by atoms with Crippen molar-refractivity contribution in [2.24, 2.45) is 0 Å². The Kier molecular flexibility index (Phi) is 3.85. The van der Waals surface area contributed by atoms with Gasteiger partial charge in [0.15, 0.2) is 5.69 Å². The van der Waals surface area contributed by atoms with Crippen LogP contribution in [0.3, 0.4) is 0 Å². The van der Waals surface area contributed by atoms with Gasteiger partial charge in [-0.25, -0.2) is 0 Å². The number of nitrogens with zero attached hydrogens (tertiary/aromatic N) is 2. The van der Waals surface area contributed by atoms with E-state index >= 15 is 0 Å². The summed E-state index contributed by atoms with van der Waals surface area (Å²) in [6.07, 6.45) is -4.47. The predicted octanol–water partition coefficient (Wildman–Crippen LogP) is 3.57. The highest BCUT2D eigenvalue weighted by atomic mass is 79.9. The molecule has 0 aliphatic carbocycles. The lowest BCUT2D eigenvalue weighted by Crippen LogP contribution is -2.14. The van der Waals surface area contributed by atoms with Crippen LogP contribution in [0.25, 0.3) is 0 Å². The fourth-order valence-electron chi connectivity index (χ4n) is 1.25. The lowest BCUT2D eigenvalue weighted by Gasteiger charge is -2.11. The van der Waals surface area contributed by atoms with E-state index in [9.17, 15) is 18.0 Å². The smallest absolute Gasteiger partial charge is 0.320 e. The first kappa shape index (κ1) is 13.9. The van der Waals surface area contributed by atoms with Gasteiger partial charge in [-0.3, -0.25) is 4.79 Å². The van der Waals surface area contributed by atoms with Crippen LogP contribution < -0.4 is 5.32 Å². The Hall–Kier alpha value is -1.48. The van der Waals surface area contributed by atoms with Crippen molar-refractivity contribution in [3.05, 3.63) is 39.3 Å². The highest BCUT2D eigenvalue weighted by Gasteiger charge is 2.31. The van der Waals surface area contributed by atoms with Gasteiger partial charge in [-0.1, -0.05) is 4.49 Å². The van der Waals surface area contributed by atoms with E-state index in [0.29, 0.717) is 4.47 Å². The number of carbonyl (C=O) groups excluding carboxylic acids is 1. The van der Waals surface area contributed by atoms with E-state index in [2.05, 4.69) is 30.8 Å². The summed E-state index contributed by atoms with van der Waals surface area (Å²) in [5.74, 6) is -0.617. The maximum absolute atomic E-state index is 12.6. The number of anilines is 1. The van der Waals surface area contributed by atoms with Crippen LogP contribution in [0.5, 0.6) is 0 Å². The number of benzene rings is 1. The minimum atomic E-state index is -4.47. The molecule has 1 amide bonds. The molecule has 2 rings (SSSR count). The van der Waals surface area contributed by atoms with E-state index < -0.39 is 17.6 Å². The summed E-state index contributed by atoms with van der Waals surface area (Å²) >= 11 is 4.05. The molecule has 1 N–H and O–H groups in total. The Morgan fingerprint density at radius 1 is 1.37 bits per heavy atom. The zero-order chi connectivity index (χ0) is 14.0. The fraction of sp³-hybridized carbons (Fsp3) is 0.100. The molecule has 0 saturated carbocycles. The van der Waals surface area contributed by atoms with E-state index in [4.69, 9.17) is 0 Å². The quantitative estimate of drug-likeness (QED) is 0.899. The maximum atomic E-state index is 12.6. The Morgan fingerprint density at radius 3 is 2.68 bits per heavy atom. The number of carbonyl (C=O) groups is 1. The molecule has 0 spiro atoms. The third-order valence-corrected chi connectivity index (χ3v) is 3.33. The predicted molar refractivity (Wildman–Crippen MR) is 67.0 cm³/mol. The largest absolute Gasteiger partial charge is 0.416 e. The Bertz CT molecular complexity index is 601. The van der Waals surface area contributed by atoms with E-state index in [1.54, 1.807) is 0 Å². The zero-order valence-corrected chi connectivity index (χ0v) is 11.4. The van der Waals surface area contributed by atoms with Gasteiger partial charge in [0.05, 0.1) is 11.3 Å². The minimum absolute atomic E-state index is 0.0211. The number of amides is 1. The van der Waals surface area contributed by atoms with Crippen LogP contribution in [0.2, 0.25) is 0 Å². The summed E-state index contributed by atoms with van der Waals surface area (Å²) in [7, 11) is 0. The highest BCUT2D eigenvalue weighted by Crippen LogP contribution is 2.34. The number of hydrogen-bond acceptors (Lipinski definition) is 4. The Balaban J connectivity index is 2.27. The van der Waals surface area contributed by atoms with Crippen molar-refractivity contribution in [2.75, 3.05) is 5.32 Å². The highest BCUT2D eigenvalue weighted by molar-refractivity contribution is 9.10. The van der Waals surface area contributed by atoms with Crippen LogP contribution in [-0.4, -0.2) is 15.5 Å². The number of hydrogen-bond donors (Lipinski definition) is 1. The Morgan fingerprint density at radius 2 is 2.11 bits per heavy atom. The van der Waals surface area contributed by atoms with E-state index in [1.165, 1.54) is 11.4 Å². The molecule has 0 aliphatic rings. The topological polar surface area (TPSA) is 54.9 Å². The zero-order valence-electron chi connectivity index (χ0n) is 9.03. The van der Waals surface area contributed by atoms with Crippen molar-refractivity contribution in [3.8, 4) is 0 Å². The second-order valence-electron chi connectivity index (χ2n) is 3.44. The fourth-order valence-corrected chi connectivity index (χ4v) is 2.03. The van der Waals surface area contributed by atoms with Gasteiger partial charge < -0.3 is 5.32 Å². The number of rotatable bonds is 2. The normalized spacial score (nSPS) is 11.4. The third kappa shape index (κ3) is 3.29. The van der Waals surface area contributed by atoms with Crippen molar-refractivity contribution in [1.82, 2.24) is 9.59 Å². The monoisotopic (exact) mass is 351 g/mol. The van der Waals surface area contributed by atoms with Gasteiger partial charge in [0.25, 0.3) is 5.91 Å². The van der Waals surface area contributed by atoms with Gasteiger partial charge in [0.1, 0.15) is 0 Å². The first-order valence-corrected chi connectivity index (χ1v) is 6.46. The molecule has 0 radical (unpaired) electrons. The molecule has 0 saturated heterocycles. The number of halogens is 4. The Labute approximate surface area is 117 Å². The van der Waals surface area contributed by atoms with Crippen LogP contribution >= 0.6 is 27.5 Å². The second kappa shape index (κ2) is 5.25. The molecule has 19 heavy (non-hydrogen) atoms. The summed E-state index contributed by atoms with van der Waals surface area (Å²) in [4.78, 5) is 11.7. The summed E-state index contributed by atoms with van der Waals surface area (Å²) in [6.45, 7) is 0. The molecule has 1 heterocycles. The molecule has 0 fully saturated rings. The number of nitrogens with one attached hydrogen (secondary N) is 1. The summed E-state index contributed by atoms with van der Waals surface area (Å²) in [6, 6.07) is 2.99. The maximum Gasteiger partial charge on any atom is 0.416 e. The average molecular weight is 352 g/mol. The first-order valence-electron chi connectivity index (χ1n) is 4.83. The van der Waals surface area contributed by atoms with Crippen molar-refractivity contribution >= 4 is 39.1 Å². The molecule has 4 nitrogen and oxygen atoms in total. The van der Waals surface area contributed by atoms with Crippen LogP contribution in [0.15, 0.2) is 28.1 Å². The van der Waals surface area contributed by atoms with Crippen LogP contribution in [0, 0.1) is 0 Å². The first-order chi connectivity index (χ1) is 8.88. The van der Waals surface area contributed by atoms with Gasteiger partial charge in [0, 0.05) is 9.85 Å². The van der Waals surface area contributed by atoms with Crippen molar-refractivity contribution < 1.29 is 18.0 Å². The van der Waals surface area contributed by atoms with E-state index in [0.717, 1.165) is 23.7 Å². The van der Waals surface area contributed by atoms with Crippen molar-refractivity contribution in [2.45, 2.75) is 6.18 Å². The number of alkyl halides is 3. The molecule has 0 bridgehead atoms. The summed E-state index contributed by atoms with van der Waals surface area (Å²) in [5.41, 5.74) is -0.774. The summed E-state index contributed by atoms with van der Waals surface area (Å²) < 4.78 is 41.5. The molecular weight excluding hydrogens is 347 g/mol. The molecule has 0 unspecified atom stereocenters. The SMILES string of the molecule is O=C(Nc1cc(C(F)(F)F)ccc1Br)c1csnn1. The molecule has 100 valence electrons. The van der Waals surface area contributed by atoms with Crippen molar-refractivity contribution in [3.63, 3.8) is 0 Å². The average Bonchev–Trinajstić information content (AvgIpc) is 2.84. The van der Waals surface area contributed by atoms with Crippen LogP contribution in [0.1, 0.15) is 16.1 Å². The molecule has 9 heteroatoms. The van der Waals surface area contributed by atoms with Crippen LogP contribution in [-0.2, 0) is 6.18 Å². The van der Waals surface area contributed by atoms with Gasteiger partial charge in [0.2, 0.25) is 0 Å². The molecule has 0 aliphatic heterocycles. The minimum Gasteiger partial charge on any atom is -0.320 e. The van der Waals surface area contributed by atoms with E-state index in [1.807, 2.05) is 0 Å². The summed E-state index contributed by atoms with van der Waals surface area (Å²) in [5, 5.41) is 7.28. The van der Waals surface area contributed by atoms with Crippen molar-refractivity contribution in [1.29, 1.82) is 0 Å². The molecule has 0 atom stereocenters. The van der Waals surface area contributed by atoms with E-state index in [-0.39, 0.29) is 11.4 Å². The number of aromatic nitrogens is 2. The molecule has 1 aromatic heterocycles. The molecule has 2 aromatic rings. The van der Waals surface area contributed by atoms with Gasteiger partial charge in [-0.15, -0.1) is 5.10 Å². The second-order valence-corrected chi connectivity index (χ2v) is 4.90. The lowest BCUT2D eigenvalue weighted by atomic mass is 10.2. The van der Waals surface area contributed by atoms with Gasteiger partial charge in [-0.05, 0) is 45.7 Å². The third-order valence-electron chi connectivity index (χ3n) is 2.13. The molecule has 1 aromatic carbocycles. The lowest BCUT2D eigenvalue weighted by molar-refractivity contribution is -0.137. The molecular formula is C10H5BrF3N3OS. The standard InChI is InChI=1S/C10H5BrF3N3OS/c11-6-2-1-5(10(12,13)14)3-7(6)15-9(18)8-4-19-17-16-8/h1-4H,(H,15,18). The van der Waals surface area contributed by atoms with Crippen LogP contribution in [0.4, 0.5) is 18.9 Å². The van der Waals surface area contributed by atoms with Gasteiger partial charge >= 0.3 is 6.18 Å².